The summed E-state index contributed by atoms with van der Waals surface area (Å²) in [4.78, 5) is 37.3. The molecule has 3 N–H and O–H groups in total. The number of carbonyl (C=O) groups excluding carboxylic acids is 3. The van der Waals surface area contributed by atoms with Gasteiger partial charge in [-0.15, -0.1) is 16.4 Å². The zero-order valence-corrected chi connectivity index (χ0v) is 18.2. The summed E-state index contributed by atoms with van der Waals surface area (Å²) in [6.45, 7) is 3.08. The third-order valence-corrected chi connectivity index (χ3v) is 5.52. The average Bonchev–Trinajstić information content (AvgIpc) is 3.41. The van der Waals surface area contributed by atoms with E-state index >= 15 is 0 Å². The lowest BCUT2D eigenvalue weighted by Gasteiger charge is -2.10. The van der Waals surface area contributed by atoms with Gasteiger partial charge in [0.2, 0.25) is 5.91 Å². The first-order chi connectivity index (χ1) is 15.3. The SMILES string of the molecule is CCOC(=O)c1c(NC(=O)CNc2cc(-n3cnnn3)ccc2F)sc(C(=O)NC)c1C. The van der Waals surface area contributed by atoms with Gasteiger partial charge in [0.05, 0.1) is 35.0 Å². The molecule has 0 aliphatic rings. The fourth-order valence-electron chi connectivity index (χ4n) is 2.80. The molecule has 1 aromatic carbocycles. The second-order valence-electron chi connectivity index (χ2n) is 6.38. The molecule has 3 aromatic rings. The number of rotatable bonds is 8. The van der Waals surface area contributed by atoms with Gasteiger partial charge in [0.15, 0.2) is 0 Å². The van der Waals surface area contributed by atoms with Crippen LogP contribution in [0.2, 0.25) is 0 Å². The van der Waals surface area contributed by atoms with Crippen LogP contribution in [-0.4, -0.2) is 58.2 Å². The third-order valence-electron chi connectivity index (χ3n) is 4.32. The maximum Gasteiger partial charge on any atom is 0.341 e. The van der Waals surface area contributed by atoms with Gasteiger partial charge in [-0.25, -0.2) is 13.9 Å². The van der Waals surface area contributed by atoms with E-state index in [-0.39, 0.29) is 34.3 Å². The van der Waals surface area contributed by atoms with Gasteiger partial charge < -0.3 is 20.7 Å². The molecule has 168 valence electrons. The highest BCUT2D eigenvalue weighted by Gasteiger charge is 2.26. The van der Waals surface area contributed by atoms with E-state index in [1.54, 1.807) is 13.8 Å². The number of hydrogen-bond acceptors (Lipinski definition) is 9. The van der Waals surface area contributed by atoms with Crippen molar-refractivity contribution in [3.05, 3.63) is 46.3 Å². The highest BCUT2D eigenvalue weighted by molar-refractivity contribution is 7.18. The number of tetrazole rings is 1. The Bertz CT molecular complexity index is 1150. The Morgan fingerprint density at radius 1 is 1.28 bits per heavy atom. The van der Waals surface area contributed by atoms with Crippen LogP contribution < -0.4 is 16.0 Å². The standard InChI is InChI=1S/C19H20FN7O4S/c1-4-31-19(30)15-10(2)16(17(29)21-3)32-18(15)24-14(28)8-22-13-7-11(5-6-12(13)20)27-9-23-25-26-27/h5-7,9,22H,4,8H2,1-3H3,(H,21,29)(H,24,28). The van der Waals surface area contributed by atoms with Gasteiger partial charge in [0, 0.05) is 7.05 Å². The number of esters is 1. The molecule has 13 heteroatoms. The fourth-order valence-corrected chi connectivity index (χ4v) is 3.96. The molecule has 0 bridgehead atoms. The molecule has 0 aliphatic carbocycles. The van der Waals surface area contributed by atoms with Crippen molar-refractivity contribution in [3.8, 4) is 5.69 Å². The average molecular weight is 461 g/mol. The summed E-state index contributed by atoms with van der Waals surface area (Å²) in [6.07, 6.45) is 1.35. The van der Waals surface area contributed by atoms with E-state index < -0.39 is 23.6 Å². The minimum Gasteiger partial charge on any atom is -0.462 e. The van der Waals surface area contributed by atoms with E-state index in [4.69, 9.17) is 4.74 Å². The molecule has 32 heavy (non-hydrogen) atoms. The van der Waals surface area contributed by atoms with Crippen LogP contribution in [0.25, 0.3) is 5.69 Å². The molecular weight excluding hydrogens is 441 g/mol. The lowest BCUT2D eigenvalue weighted by atomic mass is 10.1. The number of anilines is 2. The number of carbonyl (C=O) groups is 3. The van der Waals surface area contributed by atoms with Crippen LogP contribution in [0.5, 0.6) is 0 Å². The Kier molecular flexibility index (Phi) is 7.10. The summed E-state index contributed by atoms with van der Waals surface area (Å²) in [5, 5.41) is 18.8. The van der Waals surface area contributed by atoms with Crippen molar-refractivity contribution in [2.24, 2.45) is 0 Å². The van der Waals surface area contributed by atoms with Crippen LogP contribution in [0.15, 0.2) is 24.5 Å². The van der Waals surface area contributed by atoms with Gasteiger partial charge in [-0.2, -0.15) is 0 Å². The van der Waals surface area contributed by atoms with E-state index in [0.29, 0.717) is 11.3 Å². The number of amides is 2. The van der Waals surface area contributed by atoms with Crippen molar-refractivity contribution in [3.63, 3.8) is 0 Å². The van der Waals surface area contributed by atoms with E-state index in [1.807, 2.05) is 0 Å². The number of aromatic nitrogens is 4. The lowest BCUT2D eigenvalue weighted by Crippen LogP contribution is -2.23. The van der Waals surface area contributed by atoms with Gasteiger partial charge in [0.25, 0.3) is 5.91 Å². The van der Waals surface area contributed by atoms with Crippen LogP contribution >= 0.6 is 11.3 Å². The Labute approximate surface area is 186 Å². The van der Waals surface area contributed by atoms with Crippen LogP contribution in [-0.2, 0) is 9.53 Å². The molecule has 0 atom stereocenters. The van der Waals surface area contributed by atoms with E-state index in [2.05, 4.69) is 31.5 Å². The molecule has 0 spiro atoms. The first-order valence-electron chi connectivity index (χ1n) is 9.44. The molecular formula is C19H20FN7O4S. The predicted octanol–water partition coefficient (Wildman–Crippen LogP) is 1.76. The molecule has 0 saturated heterocycles. The van der Waals surface area contributed by atoms with Gasteiger partial charge >= 0.3 is 5.97 Å². The second kappa shape index (κ2) is 9.96. The normalized spacial score (nSPS) is 10.5. The summed E-state index contributed by atoms with van der Waals surface area (Å²) in [6, 6.07) is 4.15. The summed E-state index contributed by atoms with van der Waals surface area (Å²) >= 11 is 0.955. The van der Waals surface area contributed by atoms with E-state index in [0.717, 1.165) is 11.3 Å². The second-order valence-corrected chi connectivity index (χ2v) is 7.40. The molecule has 0 unspecified atom stereocenters. The fraction of sp³-hybridized carbons (Fsp3) is 0.263. The van der Waals surface area contributed by atoms with Crippen molar-refractivity contribution in [2.45, 2.75) is 13.8 Å². The Hall–Kier alpha value is -3.87. The Morgan fingerprint density at radius 2 is 2.06 bits per heavy atom. The Morgan fingerprint density at radius 3 is 2.72 bits per heavy atom. The highest BCUT2D eigenvalue weighted by Crippen LogP contribution is 2.33. The summed E-state index contributed by atoms with van der Waals surface area (Å²) in [5.41, 5.74) is 1.06. The van der Waals surface area contributed by atoms with Gasteiger partial charge in [-0.3, -0.25) is 9.59 Å². The summed E-state index contributed by atoms with van der Waals surface area (Å²) < 4.78 is 20.6. The molecule has 11 nitrogen and oxygen atoms in total. The smallest absolute Gasteiger partial charge is 0.341 e. The number of hydrogen-bond donors (Lipinski definition) is 3. The minimum atomic E-state index is -0.653. The zero-order valence-electron chi connectivity index (χ0n) is 17.4. The van der Waals surface area contributed by atoms with E-state index in [1.165, 1.54) is 36.3 Å². The maximum atomic E-state index is 14.2. The van der Waals surface area contributed by atoms with Crippen LogP contribution in [0, 0.1) is 12.7 Å². The number of halogens is 1. The van der Waals surface area contributed by atoms with Crippen molar-refractivity contribution >= 4 is 39.8 Å². The summed E-state index contributed by atoms with van der Waals surface area (Å²) in [5.74, 6) is -2.17. The number of nitrogens with zero attached hydrogens (tertiary/aromatic N) is 4. The molecule has 0 aliphatic heterocycles. The van der Waals surface area contributed by atoms with Gasteiger partial charge in [0.1, 0.15) is 17.1 Å². The van der Waals surface area contributed by atoms with Crippen molar-refractivity contribution < 1.29 is 23.5 Å². The molecule has 3 rings (SSSR count). The maximum absolute atomic E-state index is 14.2. The van der Waals surface area contributed by atoms with Gasteiger partial charge in [-0.1, -0.05) is 0 Å². The van der Waals surface area contributed by atoms with E-state index in [9.17, 15) is 18.8 Å². The molecule has 0 radical (unpaired) electrons. The topological polar surface area (TPSA) is 140 Å². The summed E-state index contributed by atoms with van der Waals surface area (Å²) in [7, 11) is 1.46. The molecule has 2 amide bonds. The first kappa shape index (κ1) is 22.8. The van der Waals surface area contributed by atoms with Crippen LogP contribution in [0.3, 0.4) is 0 Å². The number of thiophene rings is 1. The molecule has 2 aromatic heterocycles. The van der Waals surface area contributed by atoms with Gasteiger partial charge in [-0.05, 0) is 48.0 Å². The number of ether oxygens (including phenoxy) is 1. The Balaban J connectivity index is 1.77. The minimum absolute atomic E-state index is 0.0622. The predicted molar refractivity (Wildman–Crippen MR) is 115 cm³/mol. The highest BCUT2D eigenvalue weighted by atomic mass is 32.1. The molecule has 2 heterocycles. The largest absolute Gasteiger partial charge is 0.462 e. The lowest BCUT2D eigenvalue weighted by molar-refractivity contribution is -0.114. The number of nitrogens with one attached hydrogen (secondary N) is 3. The zero-order chi connectivity index (χ0) is 23.3. The number of benzene rings is 1. The monoisotopic (exact) mass is 461 g/mol. The molecule has 0 fully saturated rings. The van der Waals surface area contributed by atoms with Crippen LogP contribution in [0.1, 0.15) is 32.5 Å². The van der Waals surface area contributed by atoms with Crippen molar-refractivity contribution in [1.29, 1.82) is 0 Å². The van der Waals surface area contributed by atoms with Crippen molar-refractivity contribution in [2.75, 3.05) is 30.8 Å². The first-order valence-corrected chi connectivity index (χ1v) is 10.3. The van der Waals surface area contributed by atoms with Crippen molar-refractivity contribution in [1.82, 2.24) is 25.5 Å². The quantitative estimate of drug-likeness (QED) is 0.431. The van der Waals surface area contributed by atoms with Crippen LogP contribution in [0.4, 0.5) is 15.1 Å². The third kappa shape index (κ3) is 4.88. The molecule has 0 saturated carbocycles.